The molecule has 0 aliphatic rings. The van der Waals surface area contributed by atoms with Gasteiger partial charge < -0.3 is 9.47 Å². The number of anilines is 1. The summed E-state index contributed by atoms with van der Waals surface area (Å²) in [4.78, 5) is 19.9. The van der Waals surface area contributed by atoms with Gasteiger partial charge in [-0.3, -0.25) is 10.1 Å². The Hall–Kier alpha value is -2.63. The van der Waals surface area contributed by atoms with E-state index in [0.717, 1.165) is 0 Å². The van der Waals surface area contributed by atoms with Gasteiger partial charge in [0.25, 0.3) is 5.91 Å². The summed E-state index contributed by atoms with van der Waals surface area (Å²) >= 11 is 0. The number of carbonyl (C=O) groups excluding carboxylic acids is 1. The summed E-state index contributed by atoms with van der Waals surface area (Å²) < 4.78 is 10.2. The highest BCUT2D eigenvalue weighted by molar-refractivity contribution is 6.03. The van der Waals surface area contributed by atoms with E-state index in [1.165, 1.54) is 14.2 Å². The lowest BCUT2D eigenvalue weighted by molar-refractivity contribution is 0.102. The van der Waals surface area contributed by atoms with Gasteiger partial charge in [0.2, 0.25) is 5.95 Å². The van der Waals surface area contributed by atoms with E-state index in [0.29, 0.717) is 17.1 Å². The zero-order chi connectivity index (χ0) is 13.7. The molecule has 1 heterocycles. The molecule has 6 nitrogen and oxygen atoms in total. The molecular weight excluding hydrogens is 246 g/mol. The van der Waals surface area contributed by atoms with Crippen molar-refractivity contribution in [1.82, 2.24) is 9.97 Å². The molecule has 2 rings (SSSR count). The monoisotopic (exact) mass is 259 g/mol. The zero-order valence-electron chi connectivity index (χ0n) is 10.6. The van der Waals surface area contributed by atoms with E-state index in [-0.39, 0.29) is 11.9 Å². The van der Waals surface area contributed by atoms with E-state index in [2.05, 4.69) is 15.3 Å². The molecule has 19 heavy (non-hydrogen) atoms. The first kappa shape index (κ1) is 12.8. The number of methoxy groups -OCH3 is 2. The standard InChI is InChI=1S/C13H13N3O3/c1-18-10-6-9(7-11(8-10)19-2)12(17)16-13-14-4-3-5-15-13/h3-8H,1-2H3,(H,14,15,16,17). The molecule has 6 heteroatoms. The van der Waals surface area contributed by atoms with E-state index in [1.807, 2.05) is 0 Å². The van der Waals surface area contributed by atoms with Crippen molar-refractivity contribution in [3.63, 3.8) is 0 Å². The average Bonchev–Trinajstić information content (AvgIpc) is 2.47. The number of carbonyl (C=O) groups is 1. The first-order valence-corrected chi connectivity index (χ1v) is 5.54. The molecule has 0 aliphatic carbocycles. The molecule has 98 valence electrons. The Balaban J connectivity index is 2.23. The third-order valence-electron chi connectivity index (χ3n) is 2.40. The Labute approximate surface area is 110 Å². The summed E-state index contributed by atoms with van der Waals surface area (Å²) in [7, 11) is 3.05. The van der Waals surface area contributed by atoms with Gasteiger partial charge in [-0.2, -0.15) is 0 Å². The molecule has 0 unspecified atom stereocenters. The zero-order valence-corrected chi connectivity index (χ0v) is 10.6. The smallest absolute Gasteiger partial charge is 0.258 e. The lowest BCUT2D eigenvalue weighted by Gasteiger charge is -2.08. The first-order valence-electron chi connectivity index (χ1n) is 5.54. The lowest BCUT2D eigenvalue weighted by atomic mass is 10.2. The minimum absolute atomic E-state index is 0.245. The molecular formula is C13H13N3O3. The Morgan fingerprint density at radius 2 is 1.63 bits per heavy atom. The van der Waals surface area contributed by atoms with Gasteiger partial charge in [-0.1, -0.05) is 0 Å². The molecule has 1 amide bonds. The number of nitrogens with one attached hydrogen (secondary N) is 1. The van der Waals surface area contributed by atoms with Gasteiger partial charge in [-0.25, -0.2) is 9.97 Å². The third-order valence-corrected chi connectivity index (χ3v) is 2.40. The van der Waals surface area contributed by atoms with E-state index < -0.39 is 0 Å². The minimum atomic E-state index is -0.330. The van der Waals surface area contributed by atoms with Crippen LogP contribution in [0.1, 0.15) is 10.4 Å². The summed E-state index contributed by atoms with van der Waals surface area (Å²) in [6.07, 6.45) is 3.10. The van der Waals surface area contributed by atoms with Crippen molar-refractivity contribution in [3.05, 3.63) is 42.2 Å². The molecule has 0 spiro atoms. The highest BCUT2D eigenvalue weighted by atomic mass is 16.5. The Kier molecular flexibility index (Phi) is 3.92. The molecule has 0 saturated carbocycles. The number of ether oxygens (including phenoxy) is 2. The van der Waals surface area contributed by atoms with E-state index in [9.17, 15) is 4.79 Å². The number of amides is 1. The van der Waals surface area contributed by atoms with E-state index >= 15 is 0 Å². The summed E-state index contributed by atoms with van der Waals surface area (Å²) in [5, 5.41) is 2.59. The number of hydrogen-bond donors (Lipinski definition) is 1. The fourth-order valence-electron chi connectivity index (χ4n) is 1.48. The van der Waals surface area contributed by atoms with Crippen LogP contribution in [0, 0.1) is 0 Å². The molecule has 0 fully saturated rings. The summed E-state index contributed by atoms with van der Waals surface area (Å²) in [5.74, 6) is 0.995. The van der Waals surface area contributed by atoms with Crippen LogP contribution in [0.2, 0.25) is 0 Å². The predicted molar refractivity (Wildman–Crippen MR) is 69.5 cm³/mol. The fraction of sp³-hybridized carbons (Fsp3) is 0.154. The van der Waals surface area contributed by atoms with Gasteiger partial charge in [0.1, 0.15) is 11.5 Å². The van der Waals surface area contributed by atoms with Gasteiger partial charge >= 0.3 is 0 Å². The van der Waals surface area contributed by atoms with Crippen LogP contribution in [0.4, 0.5) is 5.95 Å². The molecule has 0 bridgehead atoms. The number of rotatable bonds is 4. The second-order valence-electron chi connectivity index (χ2n) is 3.63. The second-order valence-corrected chi connectivity index (χ2v) is 3.63. The molecule has 2 aromatic rings. The van der Waals surface area contributed by atoms with Gasteiger partial charge in [0.05, 0.1) is 14.2 Å². The number of hydrogen-bond acceptors (Lipinski definition) is 5. The Morgan fingerprint density at radius 1 is 1.05 bits per heavy atom. The van der Waals surface area contributed by atoms with Crippen LogP contribution in [0.15, 0.2) is 36.7 Å². The molecule has 0 saturated heterocycles. The van der Waals surface area contributed by atoms with Crippen LogP contribution < -0.4 is 14.8 Å². The van der Waals surface area contributed by atoms with Gasteiger partial charge in [-0.15, -0.1) is 0 Å². The Morgan fingerprint density at radius 3 is 2.16 bits per heavy atom. The summed E-state index contributed by atoms with van der Waals surface area (Å²) in [5.41, 5.74) is 0.406. The fourth-order valence-corrected chi connectivity index (χ4v) is 1.48. The Bertz CT molecular complexity index is 550. The van der Waals surface area contributed by atoms with Crippen LogP contribution in [0.5, 0.6) is 11.5 Å². The van der Waals surface area contributed by atoms with Crippen molar-refractivity contribution in [2.75, 3.05) is 19.5 Å². The first-order chi connectivity index (χ1) is 9.22. The SMILES string of the molecule is COc1cc(OC)cc(C(=O)Nc2ncccn2)c1. The van der Waals surface area contributed by atoms with Crippen LogP contribution >= 0.6 is 0 Å². The van der Waals surface area contributed by atoms with E-state index in [1.54, 1.807) is 36.7 Å². The predicted octanol–water partition coefficient (Wildman–Crippen LogP) is 1.75. The van der Waals surface area contributed by atoms with Crippen molar-refractivity contribution in [2.45, 2.75) is 0 Å². The number of benzene rings is 1. The van der Waals surface area contributed by atoms with Crippen LogP contribution in [-0.2, 0) is 0 Å². The largest absolute Gasteiger partial charge is 0.497 e. The van der Waals surface area contributed by atoms with Crippen LogP contribution in [0.25, 0.3) is 0 Å². The number of aromatic nitrogens is 2. The molecule has 0 atom stereocenters. The van der Waals surface area contributed by atoms with Crippen molar-refractivity contribution in [1.29, 1.82) is 0 Å². The van der Waals surface area contributed by atoms with Crippen molar-refractivity contribution in [3.8, 4) is 11.5 Å². The van der Waals surface area contributed by atoms with E-state index in [4.69, 9.17) is 9.47 Å². The molecule has 1 aromatic heterocycles. The van der Waals surface area contributed by atoms with Gasteiger partial charge in [-0.05, 0) is 18.2 Å². The summed E-state index contributed by atoms with van der Waals surface area (Å²) in [6.45, 7) is 0. The minimum Gasteiger partial charge on any atom is -0.497 e. The van der Waals surface area contributed by atoms with Crippen LogP contribution in [-0.4, -0.2) is 30.1 Å². The van der Waals surface area contributed by atoms with Crippen molar-refractivity contribution >= 4 is 11.9 Å². The molecule has 0 aliphatic heterocycles. The summed E-state index contributed by atoms with van der Waals surface area (Å²) in [6, 6.07) is 6.58. The van der Waals surface area contributed by atoms with Crippen molar-refractivity contribution < 1.29 is 14.3 Å². The van der Waals surface area contributed by atoms with Crippen molar-refractivity contribution in [2.24, 2.45) is 0 Å². The maximum atomic E-state index is 12.0. The molecule has 0 radical (unpaired) electrons. The third kappa shape index (κ3) is 3.19. The normalized spacial score (nSPS) is 9.79. The van der Waals surface area contributed by atoms with Crippen LogP contribution in [0.3, 0.4) is 0 Å². The van der Waals surface area contributed by atoms with Gasteiger partial charge in [0, 0.05) is 24.0 Å². The maximum Gasteiger partial charge on any atom is 0.258 e. The highest BCUT2D eigenvalue weighted by Crippen LogP contribution is 2.22. The highest BCUT2D eigenvalue weighted by Gasteiger charge is 2.11. The quantitative estimate of drug-likeness (QED) is 0.905. The topological polar surface area (TPSA) is 73.3 Å². The molecule has 1 aromatic carbocycles. The van der Waals surface area contributed by atoms with Gasteiger partial charge in [0.15, 0.2) is 0 Å². The molecule has 1 N–H and O–H groups in total. The average molecular weight is 259 g/mol. The number of nitrogens with zero attached hydrogens (tertiary/aromatic N) is 2. The maximum absolute atomic E-state index is 12.0. The second kappa shape index (κ2) is 5.81. The lowest BCUT2D eigenvalue weighted by Crippen LogP contribution is -2.14.